The molecule has 0 atom stereocenters. The van der Waals surface area contributed by atoms with Crippen molar-refractivity contribution in [3.8, 4) is 0 Å². The number of rotatable bonds is 30. The zero-order valence-electron chi connectivity index (χ0n) is 72.1. The van der Waals surface area contributed by atoms with Gasteiger partial charge in [-0.1, -0.05) is 0 Å². The Labute approximate surface area is 781 Å². The van der Waals surface area contributed by atoms with Crippen molar-refractivity contribution >= 4 is 166 Å². The zero-order chi connectivity index (χ0) is 94.5. The molecule has 6 nitrogen and oxygen atoms in total. The molecule has 0 aliphatic rings. The van der Waals surface area contributed by atoms with Crippen molar-refractivity contribution in [2.75, 3.05) is 0 Å². The predicted octanol–water partition coefficient (Wildman–Crippen LogP) is 24.2. The Balaban J connectivity index is 0.000000147. The molecule has 18 rings (SSSR count). The molecular formula is C108H90F12O6P6Si3. The molecule has 0 N–H and O–H groups in total. The summed E-state index contributed by atoms with van der Waals surface area (Å²) in [7, 11) is -56.9. The molecule has 0 fully saturated rings. The molecule has 27 heteroatoms. The van der Waals surface area contributed by atoms with E-state index in [0.29, 0.717) is 0 Å². The van der Waals surface area contributed by atoms with Crippen LogP contribution in [0.4, 0.5) is 49.3 Å². The van der Waals surface area contributed by atoms with E-state index in [1.54, 1.807) is 546 Å². The van der Waals surface area contributed by atoms with Gasteiger partial charge < -0.3 is 0 Å². The van der Waals surface area contributed by atoms with E-state index in [-0.39, 0.29) is 95.5 Å². The molecule has 0 aliphatic heterocycles. The number of hydrogen-bond acceptors (Lipinski definition) is 6. The first-order chi connectivity index (χ1) is 64.6. The minimum absolute atomic E-state index is 0.208. The monoisotopic (exact) mass is 1980 g/mol. The first kappa shape index (κ1) is 96.2. The van der Waals surface area contributed by atoms with Crippen molar-refractivity contribution in [2.24, 2.45) is 0 Å². The van der Waals surface area contributed by atoms with E-state index < -0.39 is 70.3 Å². The molecule has 0 amide bonds. The van der Waals surface area contributed by atoms with Gasteiger partial charge in [0.15, 0.2) is 0 Å². The first-order valence-electron chi connectivity index (χ1n) is 43.0. The number of halogens is 12. The summed E-state index contributed by atoms with van der Waals surface area (Å²) in [5, 5.41) is 3.74. The molecule has 0 aromatic heterocycles. The maximum atomic E-state index is 17.3. The van der Waals surface area contributed by atoms with Gasteiger partial charge in [0, 0.05) is 0 Å². The summed E-state index contributed by atoms with van der Waals surface area (Å²) >= 11 is 0. The van der Waals surface area contributed by atoms with Gasteiger partial charge in [-0.15, -0.1) is 0 Å². The van der Waals surface area contributed by atoms with Crippen molar-refractivity contribution < 1.29 is 74.6 Å². The second-order valence-corrected chi connectivity index (χ2v) is 59.4. The van der Waals surface area contributed by atoms with Crippen LogP contribution in [-0.2, 0) is 25.3 Å². The van der Waals surface area contributed by atoms with E-state index in [9.17, 15) is 0 Å². The van der Waals surface area contributed by atoms with Crippen LogP contribution in [0.2, 0.25) is 0 Å². The van der Waals surface area contributed by atoms with Gasteiger partial charge >= 0.3 is 786 Å². The molecular weight excluding hydrogens is 1890 g/mol. The van der Waals surface area contributed by atoms with Crippen LogP contribution >= 0.6 is 44.9 Å². The fourth-order valence-corrected chi connectivity index (χ4v) is 54.3. The SMILES string of the molecule is F[Si-2](F)(F)(F)(O[P+](c1ccccc1)(c1ccccc1)c1ccccc1)O[P+](c1ccccc1)(c1ccccc1)c1ccccc1.F[Si-2](F)(F)(F)(O[P+](c1ccccc1)(c1ccccc1)c1ccccc1)O[P+](c1ccccc1)(c1ccccc1)c1ccccc1.F[Si-2](F)(F)(F)(O[P+](c1ccccc1)(c1ccccc1)c1ccccc1)O[P+](c1ccccc1)(c1ccccc1)c1ccccc1. The average molecular weight is 1980 g/mol. The van der Waals surface area contributed by atoms with Crippen LogP contribution in [0.5, 0.6) is 0 Å². The first-order valence-corrected chi connectivity index (χ1v) is 60.2. The van der Waals surface area contributed by atoms with Gasteiger partial charge in [-0.3, -0.25) is 0 Å². The predicted molar refractivity (Wildman–Crippen MR) is 548 cm³/mol. The molecule has 0 spiro atoms. The van der Waals surface area contributed by atoms with E-state index in [1.807, 2.05) is 0 Å². The molecule has 18 aromatic carbocycles. The minimum atomic E-state index is -10.6. The van der Waals surface area contributed by atoms with Gasteiger partial charge in [-0.05, 0) is 0 Å². The van der Waals surface area contributed by atoms with E-state index in [1.165, 1.54) is 0 Å². The summed E-state index contributed by atoms with van der Waals surface area (Å²) in [6, 6.07) is 145. The average Bonchev–Trinajstić information content (AvgIpc) is 0.692. The Kier molecular flexibility index (Phi) is 26.6. The third-order valence-electron chi connectivity index (χ3n) is 22.0. The molecule has 0 saturated heterocycles. The van der Waals surface area contributed by atoms with Crippen LogP contribution in [-0.4, -0.2) is 25.4 Å². The summed E-state index contributed by atoms with van der Waals surface area (Å²) in [5.41, 5.74) is 0. The summed E-state index contributed by atoms with van der Waals surface area (Å²) < 4.78 is 241. The number of hydrogen-bond donors (Lipinski definition) is 0. The quantitative estimate of drug-likeness (QED) is 0.0194. The Bertz CT molecular complexity index is 5280. The second-order valence-electron chi connectivity index (χ2n) is 31.6. The third kappa shape index (κ3) is 21.2. The summed E-state index contributed by atoms with van der Waals surface area (Å²) in [4.78, 5) is 0. The summed E-state index contributed by atoms with van der Waals surface area (Å²) in [6.45, 7) is 0. The van der Waals surface area contributed by atoms with Crippen LogP contribution < -0.4 is 95.5 Å². The van der Waals surface area contributed by atoms with Crippen molar-refractivity contribution in [1.82, 2.24) is 0 Å². The van der Waals surface area contributed by atoms with Crippen LogP contribution in [0.25, 0.3) is 0 Å². The van der Waals surface area contributed by atoms with Gasteiger partial charge in [0.2, 0.25) is 0 Å². The summed E-state index contributed by atoms with van der Waals surface area (Å²) in [5.74, 6) is 0. The van der Waals surface area contributed by atoms with Crippen molar-refractivity contribution in [3.63, 3.8) is 0 Å². The molecule has 18 aromatic rings. The molecule has 684 valence electrons. The normalized spacial score (nSPS) is 13.9. The fourth-order valence-electron chi connectivity index (χ4n) is 16.7. The Morgan fingerprint density at radius 2 is 0.148 bits per heavy atom. The molecule has 0 radical (unpaired) electrons. The third-order valence-corrected chi connectivity index (χ3v) is 55.5. The van der Waals surface area contributed by atoms with Crippen LogP contribution in [0.3, 0.4) is 0 Å². The molecule has 135 heavy (non-hydrogen) atoms. The van der Waals surface area contributed by atoms with Crippen LogP contribution in [0.1, 0.15) is 0 Å². The standard InChI is InChI=1S/3C36H30F4O2P2Si/c3*37-45(38,39,40,41-43(31-19-7-1-8-20-31,32-21-9-2-10-22-32)33-23-11-3-12-24-33)42-44(34-25-13-4-14-26-34,35-27-15-5-16-28-35)36-29-17-6-18-30-36/h3*1-30H. The van der Waals surface area contributed by atoms with E-state index in [2.05, 4.69) is 0 Å². The maximum absolute atomic E-state index is 17.3. The van der Waals surface area contributed by atoms with Gasteiger partial charge in [-0.25, -0.2) is 0 Å². The Morgan fingerprint density at radius 1 is 0.0963 bits per heavy atom. The van der Waals surface area contributed by atoms with Crippen LogP contribution in [0, 0.1) is 0 Å². The second kappa shape index (κ2) is 37.3. The Morgan fingerprint density at radius 3 is 0.200 bits per heavy atom. The molecule has 0 bridgehead atoms. The van der Waals surface area contributed by atoms with Gasteiger partial charge in [0.25, 0.3) is 0 Å². The van der Waals surface area contributed by atoms with Crippen molar-refractivity contribution in [3.05, 3.63) is 546 Å². The van der Waals surface area contributed by atoms with Gasteiger partial charge in [-0.2, -0.15) is 0 Å². The molecule has 0 unspecified atom stereocenters. The van der Waals surface area contributed by atoms with Crippen molar-refractivity contribution in [2.45, 2.75) is 0 Å². The Hall–Kier alpha value is -11.9. The van der Waals surface area contributed by atoms with Gasteiger partial charge in [0.05, 0.1) is 0 Å². The van der Waals surface area contributed by atoms with Gasteiger partial charge in [0.1, 0.15) is 0 Å². The molecule has 0 aliphatic carbocycles. The number of benzene rings is 18. The molecule has 0 saturated carbocycles. The summed E-state index contributed by atoms with van der Waals surface area (Å²) in [6.07, 6.45) is 0. The molecule has 0 heterocycles. The zero-order valence-corrected chi connectivity index (χ0v) is 80.5. The fraction of sp³-hybridized carbons (Fsp3) is 0. The van der Waals surface area contributed by atoms with Crippen molar-refractivity contribution in [1.29, 1.82) is 0 Å². The van der Waals surface area contributed by atoms with E-state index in [0.717, 1.165) is 0 Å². The van der Waals surface area contributed by atoms with E-state index in [4.69, 9.17) is 25.3 Å². The van der Waals surface area contributed by atoms with E-state index >= 15 is 49.3 Å². The topological polar surface area (TPSA) is 55.4 Å². The van der Waals surface area contributed by atoms with Crippen LogP contribution in [0.15, 0.2) is 546 Å².